The Hall–Kier alpha value is -0.720. The lowest BCUT2D eigenvalue weighted by Gasteiger charge is -2.19. The Labute approximate surface area is 64.0 Å². The first-order chi connectivity index (χ1) is 4.80. The molecule has 0 spiro atoms. The second-order valence-corrected chi connectivity index (χ2v) is 2.10. The van der Waals surface area contributed by atoms with Crippen LogP contribution in [-0.2, 0) is 0 Å². The van der Waals surface area contributed by atoms with E-state index in [0.29, 0.717) is 0 Å². The second kappa shape index (κ2) is 5.10. The molecule has 0 saturated heterocycles. The number of hydrogen-bond donors (Lipinski definition) is 0. The average Bonchev–Trinajstić information content (AvgIpc) is 2.00. The number of allylic oxidation sites excluding steroid dienone is 2. The smallest absolute Gasteiger partial charge is 0.0108 e. The molecule has 1 heteroatoms. The van der Waals surface area contributed by atoms with Crippen molar-refractivity contribution in [2.45, 2.75) is 26.7 Å². The largest absolute Gasteiger partial charge is 0.355 e. The molecule has 1 rings (SSSR count). The van der Waals surface area contributed by atoms with E-state index in [1.165, 1.54) is 5.70 Å². The minimum absolute atomic E-state index is 1.12. The van der Waals surface area contributed by atoms with Crippen LogP contribution in [0.4, 0.5) is 0 Å². The Morgan fingerprint density at radius 2 is 2.10 bits per heavy atom. The number of nitrogens with zero attached hydrogens (tertiary/aromatic N) is 1. The van der Waals surface area contributed by atoms with E-state index in [1.807, 2.05) is 20.9 Å². The molecular weight excluding hydrogens is 122 g/mol. The van der Waals surface area contributed by atoms with Crippen molar-refractivity contribution in [1.29, 1.82) is 0 Å². The fourth-order valence-corrected chi connectivity index (χ4v) is 0.764. The highest BCUT2D eigenvalue weighted by molar-refractivity contribution is 5.04. The molecule has 0 aliphatic carbocycles. The van der Waals surface area contributed by atoms with Gasteiger partial charge in [-0.05, 0) is 19.0 Å². The molecule has 0 atom stereocenters. The summed E-state index contributed by atoms with van der Waals surface area (Å²) >= 11 is 0. The van der Waals surface area contributed by atoms with Crippen LogP contribution in [-0.4, -0.2) is 11.9 Å². The molecule has 10 heavy (non-hydrogen) atoms. The predicted octanol–water partition coefficient (Wildman–Crippen LogP) is 2.77. The molecule has 0 amide bonds. The van der Waals surface area contributed by atoms with E-state index in [2.05, 4.69) is 23.8 Å². The van der Waals surface area contributed by atoms with Crippen molar-refractivity contribution in [1.82, 2.24) is 4.90 Å². The molecule has 1 aliphatic rings. The molecular formula is C9H17N. The van der Waals surface area contributed by atoms with Crippen LogP contribution in [0, 0.1) is 0 Å². The van der Waals surface area contributed by atoms with Gasteiger partial charge in [-0.2, -0.15) is 0 Å². The van der Waals surface area contributed by atoms with Crippen LogP contribution in [0.3, 0.4) is 0 Å². The van der Waals surface area contributed by atoms with Crippen LogP contribution in [0.15, 0.2) is 24.6 Å². The maximum atomic E-state index is 3.87. The van der Waals surface area contributed by atoms with Gasteiger partial charge in [-0.15, -0.1) is 0 Å². The monoisotopic (exact) mass is 139 g/mol. The van der Waals surface area contributed by atoms with Gasteiger partial charge in [0.1, 0.15) is 0 Å². The molecule has 0 unspecified atom stereocenters. The van der Waals surface area contributed by atoms with Crippen molar-refractivity contribution in [2.24, 2.45) is 0 Å². The normalized spacial score (nSPS) is 16.3. The van der Waals surface area contributed by atoms with Crippen molar-refractivity contribution in [3.63, 3.8) is 0 Å². The van der Waals surface area contributed by atoms with E-state index in [1.54, 1.807) is 0 Å². The second-order valence-electron chi connectivity index (χ2n) is 2.10. The average molecular weight is 139 g/mol. The molecule has 0 aromatic heterocycles. The minimum atomic E-state index is 1.12. The minimum Gasteiger partial charge on any atom is -0.355 e. The van der Waals surface area contributed by atoms with E-state index in [-0.39, 0.29) is 0 Å². The van der Waals surface area contributed by atoms with E-state index >= 15 is 0 Å². The van der Waals surface area contributed by atoms with Gasteiger partial charge in [0.15, 0.2) is 0 Å². The Morgan fingerprint density at radius 1 is 1.50 bits per heavy atom. The topological polar surface area (TPSA) is 3.24 Å². The molecule has 1 heterocycles. The summed E-state index contributed by atoms with van der Waals surface area (Å²) < 4.78 is 0. The zero-order valence-corrected chi connectivity index (χ0v) is 7.22. The molecule has 58 valence electrons. The van der Waals surface area contributed by atoms with Crippen molar-refractivity contribution >= 4 is 0 Å². The molecule has 1 aliphatic heterocycles. The lowest BCUT2D eigenvalue weighted by atomic mass is 10.2. The summed E-state index contributed by atoms with van der Waals surface area (Å²) in [7, 11) is 2.03. The Morgan fingerprint density at radius 3 is 2.40 bits per heavy atom. The van der Waals surface area contributed by atoms with Gasteiger partial charge >= 0.3 is 0 Å². The van der Waals surface area contributed by atoms with Crippen molar-refractivity contribution in [2.75, 3.05) is 7.05 Å². The Balaban J connectivity index is 0.000000371. The van der Waals surface area contributed by atoms with E-state index < -0.39 is 0 Å². The van der Waals surface area contributed by atoms with Crippen molar-refractivity contribution < 1.29 is 0 Å². The highest BCUT2D eigenvalue weighted by Crippen LogP contribution is 2.12. The highest BCUT2D eigenvalue weighted by atomic mass is 15.1. The maximum Gasteiger partial charge on any atom is 0.0108 e. The van der Waals surface area contributed by atoms with Gasteiger partial charge in [0.05, 0.1) is 0 Å². The van der Waals surface area contributed by atoms with Crippen LogP contribution in [0.1, 0.15) is 26.7 Å². The lowest BCUT2D eigenvalue weighted by molar-refractivity contribution is 0.520. The van der Waals surface area contributed by atoms with Gasteiger partial charge < -0.3 is 4.90 Å². The predicted molar refractivity (Wildman–Crippen MR) is 46.6 cm³/mol. The van der Waals surface area contributed by atoms with Gasteiger partial charge in [-0.1, -0.05) is 26.5 Å². The first-order valence-corrected chi connectivity index (χ1v) is 3.88. The standard InChI is InChI=1S/C7H11N.C2H6/c1-7-5-3-4-6-8(7)2;1-2/h4,6H,1,3,5H2,2H3;1-2H3. The quantitative estimate of drug-likeness (QED) is 0.499. The Kier molecular flexibility index (Phi) is 4.73. The van der Waals surface area contributed by atoms with Gasteiger partial charge in [-0.25, -0.2) is 0 Å². The van der Waals surface area contributed by atoms with E-state index in [0.717, 1.165) is 12.8 Å². The maximum absolute atomic E-state index is 3.87. The summed E-state index contributed by atoms with van der Waals surface area (Å²) in [6.45, 7) is 7.87. The lowest BCUT2D eigenvalue weighted by Crippen LogP contribution is -2.11. The SMILES string of the molecule is C=C1CCC=CN1C.CC. The summed E-state index contributed by atoms with van der Waals surface area (Å²) in [5, 5.41) is 0. The first kappa shape index (κ1) is 9.28. The fraction of sp³-hybridized carbons (Fsp3) is 0.556. The van der Waals surface area contributed by atoms with Gasteiger partial charge in [-0.3, -0.25) is 0 Å². The summed E-state index contributed by atoms with van der Waals surface area (Å²) in [6.07, 6.45) is 6.50. The van der Waals surface area contributed by atoms with Gasteiger partial charge in [0.25, 0.3) is 0 Å². The number of hydrogen-bond acceptors (Lipinski definition) is 1. The molecule has 0 radical (unpaired) electrons. The third kappa shape index (κ3) is 2.72. The molecule has 0 aromatic carbocycles. The zero-order chi connectivity index (χ0) is 7.98. The molecule has 0 bridgehead atoms. The highest BCUT2D eigenvalue weighted by Gasteiger charge is 2.00. The number of rotatable bonds is 0. The van der Waals surface area contributed by atoms with E-state index in [9.17, 15) is 0 Å². The van der Waals surface area contributed by atoms with Crippen LogP contribution in [0.25, 0.3) is 0 Å². The van der Waals surface area contributed by atoms with Crippen molar-refractivity contribution in [3.05, 3.63) is 24.6 Å². The Bertz CT molecular complexity index is 125. The third-order valence-corrected chi connectivity index (χ3v) is 1.43. The van der Waals surface area contributed by atoms with Gasteiger partial charge in [0.2, 0.25) is 0 Å². The van der Waals surface area contributed by atoms with Crippen LogP contribution >= 0.6 is 0 Å². The third-order valence-electron chi connectivity index (χ3n) is 1.43. The first-order valence-electron chi connectivity index (χ1n) is 3.88. The summed E-state index contributed by atoms with van der Waals surface area (Å²) in [4.78, 5) is 2.06. The van der Waals surface area contributed by atoms with Gasteiger partial charge in [0, 0.05) is 12.7 Å². The van der Waals surface area contributed by atoms with Crippen LogP contribution in [0.5, 0.6) is 0 Å². The molecule has 0 N–H and O–H groups in total. The van der Waals surface area contributed by atoms with Crippen molar-refractivity contribution in [3.8, 4) is 0 Å². The van der Waals surface area contributed by atoms with Crippen LogP contribution in [0.2, 0.25) is 0 Å². The fourth-order valence-electron chi connectivity index (χ4n) is 0.764. The van der Waals surface area contributed by atoms with Crippen LogP contribution < -0.4 is 0 Å². The molecule has 0 saturated carbocycles. The van der Waals surface area contributed by atoms with E-state index in [4.69, 9.17) is 0 Å². The summed E-state index contributed by atoms with van der Waals surface area (Å²) in [6, 6.07) is 0. The molecule has 1 nitrogen and oxygen atoms in total. The summed E-state index contributed by atoms with van der Waals surface area (Å²) in [5.74, 6) is 0. The molecule has 0 aromatic rings. The summed E-state index contributed by atoms with van der Waals surface area (Å²) in [5.41, 5.74) is 1.22. The zero-order valence-electron chi connectivity index (χ0n) is 7.22. The molecule has 0 fully saturated rings.